The van der Waals surface area contributed by atoms with Gasteiger partial charge in [0.25, 0.3) is 0 Å². The summed E-state index contributed by atoms with van der Waals surface area (Å²) >= 11 is 0. The molecule has 1 N–H and O–H groups in total. The number of benzene rings is 2. The molecule has 1 atom stereocenters. The Morgan fingerprint density at radius 3 is 2.12 bits per heavy atom. The Morgan fingerprint density at radius 1 is 0.962 bits per heavy atom. The lowest BCUT2D eigenvalue weighted by molar-refractivity contribution is -0.332. The summed E-state index contributed by atoms with van der Waals surface area (Å²) in [5.74, 6) is -7.86. The van der Waals surface area contributed by atoms with Crippen LogP contribution in [-0.4, -0.2) is 29.6 Å². The third-order valence-electron chi connectivity index (χ3n) is 4.29. The van der Waals surface area contributed by atoms with Crippen LogP contribution >= 0.6 is 0 Å². The number of aliphatic hydroxyl groups is 1. The van der Waals surface area contributed by atoms with E-state index in [0.717, 1.165) is 12.1 Å². The number of ether oxygens (including phenoxy) is 1. The van der Waals surface area contributed by atoms with E-state index in [1.165, 1.54) is 37.3 Å². The second-order valence-corrected chi connectivity index (χ2v) is 5.77. The van der Waals surface area contributed by atoms with Crippen LogP contribution in [0.5, 0.6) is 5.75 Å². The summed E-state index contributed by atoms with van der Waals surface area (Å²) in [6, 6.07) is 9.14. The van der Waals surface area contributed by atoms with Gasteiger partial charge in [0.05, 0.1) is 6.61 Å². The Kier molecular flexibility index (Phi) is 4.06. The number of halogens is 5. The van der Waals surface area contributed by atoms with E-state index in [1.807, 2.05) is 0 Å². The number of carbonyl (C=O) groups is 1. The van der Waals surface area contributed by atoms with Gasteiger partial charge in [-0.15, -0.1) is 0 Å². The molecule has 8 heteroatoms. The fourth-order valence-electron chi connectivity index (χ4n) is 3.13. The molecule has 1 unspecified atom stereocenters. The summed E-state index contributed by atoms with van der Waals surface area (Å²) in [5.41, 5.74) is -5.40. The summed E-state index contributed by atoms with van der Waals surface area (Å²) in [6.45, 7) is 1.44. The minimum absolute atomic E-state index is 0.0556. The van der Waals surface area contributed by atoms with Gasteiger partial charge < -0.3 is 9.84 Å². The molecule has 0 saturated heterocycles. The van der Waals surface area contributed by atoms with Crippen molar-refractivity contribution in [3.63, 3.8) is 0 Å². The second-order valence-electron chi connectivity index (χ2n) is 5.77. The van der Waals surface area contributed by atoms with E-state index >= 15 is 0 Å². The fraction of sp³-hybridized carbons (Fsp3) is 0.278. The lowest BCUT2D eigenvalue weighted by Crippen LogP contribution is -2.60. The highest BCUT2D eigenvalue weighted by molar-refractivity contribution is 6.13. The maximum Gasteiger partial charge on any atom is 0.457 e. The summed E-state index contributed by atoms with van der Waals surface area (Å²) in [5, 5.41) is 10.6. The highest BCUT2D eigenvalue weighted by Crippen LogP contribution is 2.56. The minimum atomic E-state index is -6.15. The molecular formula is C18H13F5O3. The van der Waals surface area contributed by atoms with Crippen molar-refractivity contribution in [2.45, 2.75) is 24.6 Å². The van der Waals surface area contributed by atoms with Crippen molar-refractivity contribution in [2.24, 2.45) is 0 Å². The van der Waals surface area contributed by atoms with E-state index in [-0.39, 0.29) is 17.7 Å². The number of rotatable bonds is 3. The van der Waals surface area contributed by atoms with Gasteiger partial charge in [0.1, 0.15) is 5.75 Å². The third kappa shape index (κ3) is 2.25. The van der Waals surface area contributed by atoms with Gasteiger partial charge in [-0.25, -0.2) is 0 Å². The first-order valence-electron chi connectivity index (χ1n) is 7.64. The molecule has 0 spiro atoms. The zero-order valence-corrected chi connectivity index (χ0v) is 13.4. The van der Waals surface area contributed by atoms with Crippen molar-refractivity contribution in [1.82, 2.24) is 0 Å². The number of fused-ring (bicyclic) bond motifs is 3. The van der Waals surface area contributed by atoms with Crippen molar-refractivity contribution >= 4 is 5.78 Å². The molecule has 0 radical (unpaired) electrons. The van der Waals surface area contributed by atoms with Crippen molar-refractivity contribution in [1.29, 1.82) is 0 Å². The maximum absolute atomic E-state index is 14.4. The highest BCUT2D eigenvalue weighted by atomic mass is 19.4. The van der Waals surface area contributed by atoms with Crippen molar-refractivity contribution in [3.05, 3.63) is 53.6 Å². The van der Waals surface area contributed by atoms with Gasteiger partial charge in [-0.05, 0) is 24.1 Å². The van der Waals surface area contributed by atoms with E-state index in [2.05, 4.69) is 0 Å². The van der Waals surface area contributed by atoms with Crippen molar-refractivity contribution in [2.75, 3.05) is 6.61 Å². The van der Waals surface area contributed by atoms with Gasteiger partial charge in [0.15, 0.2) is 0 Å². The molecule has 0 saturated carbocycles. The third-order valence-corrected chi connectivity index (χ3v) is 4.29. The monoisotopic (exact) mass is 372 g/mol. The maximum atomic E-state index is 14.4. The van der Waals surface area contributed by atoms with Gasteiger partial charge >= 0.3 is 12.1 Å². The van der Waals surface area contributed by atoms with E-state index in [1.54, 1.807) is 0 Å². The predicted octanol–water partition coefficient (Wildman–Crippen LogP) is 4.33. The molecule has 3 rings (SSSR count). The normalized spacial score (nSPS) is 19.7. The van der Waals surface area contributed by atoms with Crippen LogP contribution in [0.3, 0.4) is 0 Å². The number of hydrogen-bond donors (Lipinski definition) is 1. The van der Waals surface area contributed by atoms with E-state index in [4.69, 9.17) is 4.74 Å². The molecule has 0 amide bonds. The molecule has 138 valence electrons. The van der Waals surface area contributed by atoms with Crippen LogP contribution in [0.25, 0.3) is 11.1 Å². The molecular weight excluding hydrogens is 359 g/mol. The van der Waals surface area contributed by atoms with Gasteiger partial charge in [0, 0.05) is 11.1 Å². The predicted molar refractivity (Wildman–Crippen MR) is 82.3 cm³/mol. The minimum Gasteiger partial charge on any atom is -0.493 e. The SMILES string of the molecule is CCOc1cccc2c1C(O)(C(F)(F)C(F)(F)F)C(=O)c1ccccc1-2. The average molecular weight is 372 g/mol. The molecule has 1 aliphatic rings. The van der Waals surface area contributed by atoms with E-state index in [0.29, 0.717) is 0 Å². The zero-order valence-electron chi connectivity index (χ0n) is 13.4. The van der Waals surface area contributed by atoms with Crippen LogP contribution < -0.4 is 4.74 Å². The molecule has 0 aromatic heterocycles. The number of carbonyl (C=O) groups excluding carboxylic acids is 1. The molecule has 26 heavy (non-hydrogen) atoms. The smallest absolute Gasteiger partial charge is 0.457 e. The summed E-state index contributed by atoms with van der Waals surface area (Å²) in [6.07, 6.45) is -6.15. The van der Waals surface area contributed by atoms with Crippen molar-refractivity contribution in [3.8, 4) is 16.9 Å². The molecule has 0 fully saturated rings. The van der Waals surface area contributed by atoms with Crippen LogP contribution in [0.1, 0.15) is 22.8 Å². The Bertz CT molecular complexity index is 875. The summed E-state index contributed by atoms with van der Waals surface area (Å²) in [4.78, 5) is 12.7. The zero-order chi connectivity index (χ0) is 19.3. The molecule has 0 heterocycles. The Labute approximate surface area is 145 Å². The first-order chi connectivity index (χ1) is 12.1. The van der Waals surface area contributed by atoms with Crippen LogP contribution in [-0.2, 0) is 5.60 Å². The fourth-order valence-corrected chi connectivity index (χ4v) is 3.13. The summed E-state index contributed by atoms with van der Waals surface area (Å²) in [7, 11) is 0. The average Bonchev–Trinajstić information content (AvgIpc) is 2.58. The first-order valence-corrected chi connectivity index (χ1v) is 7.64. The van der Waals surface area contributed by atoms with Crippen LogP contribution in [0.15, 0.2) is 42.5 Å². The van der Waals surface area contributed by atoms with Crippen LogP contribution in [0.4, 0.5) is 22.0 Å². The van der Waals surface area contributed by atoms with Gasteiger partial charge in [-0.2, -0.15) is 22.0 Å². The standard InChI is InChI=1S/C18H13F5O3/c1-2-26-13-9-5-8-11-10-6-3-4-7-12(10)15(24)16(25,14(11)13)17(19,20)18(21,22)23/h3-9,25H,2H2,1H3. The highest BCUT2D eigenvalue weighted by Gasteiger charge is 2.75. The Hall–Kier alpha value is -2.48. The molecule has 0 aliphatic heterocycles. The van der Waals surface area contributed by atoms with Gasteiger partial charge in [-0.3, -0.25) is 4.79 Å². The molecule has 3 nitrogen and oxygen atoms in total. The number of alkyl halides is 5. The van der Waals surface area contributed by atoms with E-state index < -0.39 is 40.4 Å². The van der Waals surface area contributed by atoms with E-state index in [9.17, 15) is 31.9 Å². The molecule has 0 bridgehead atoms. The number of hydrogen-bond acceptors (Lipinski definition) is 3. The first kappa shape index (κ1) is 18.3. The van der Waals surface area contributed by atoms with Crippen molar-refractivity contribution < 1.29 is 36.6 Å². The second kappa shape index (κ2) is 5.77. The number of Topliss-reactive ketones (excluding diaryl/α,β-unsaturated/α-hetero) is 1. The topological polar surface area (TPSA) is 46.5 Å². The Morgan fingerprint density at radius 2 is 1.54 bits per heavy atom. The molecule has 2 aromatic carbocycles. The number of ketones is 1. The molecule has 2 aromatic rings. The lowest BCUT2D eigenvalue weighted by atomic mass is 9.71. The lowest BCUT2D eigenvalue weighted by Gasteiger charge is -2.40. The van der Waals surface area contributed by atoms with Gasteiger partial charge in [0.2, 0.25) is 11.4 Å². The summed E-state index contributed by atoms with van der Waals surface area (Å²) < 4.78 is 73.3. The Balaban J connectivity index is 2.44. The van der Waals surface area contributed by atoms with Gasteiger partial charge in [-0.1, -0.05) is 36.4 Å². The quantitative estimate of drug-likeness (QED) is 0.816. The largest absolute Gasteiger partial charge is 0.493 e. The van der Waals surface area contributed by atoms with Crippen LogP contribution in [0, 0.1) is 0 Å². The molecule has 1 aliphatic carbocycles. The van der Waals surface area contributed by atoms with Crippen LogP contribution in [0.2, 0.25) is 0 Å².